The number of benzene rings is 1. The van der Waals surface area contributed by atoms with Gasteiger partial charge in [-0.15, -0.1) is 0 Å². The molecule has 0 amide bonds. The van der Waals surface area contributed by atoms with Gasteiger partial charge in [-0.1, -0.05) is 0 Å². The van der Waals surface area contributed by atoms with Gasteiger partial charge in [0.1, 0.15) is 11.5 Å². The van der Waals surface area contributed by atoms with Gasteiger partial charge in [-0.25, -0.2) is 9.37 Å². The molecule has 90 valence electrons. The minimum atomic E-state index is -0.182. The molecule has 3 heteroatoms. The molecule has 0 bridgehead atoms. The lowest BCUT2D eigenvalue weighted by molar-refractivity contribution is 0.619. The summed E-state index contributed by atoms with van der Waals surface area (Å²) in [7, 11) is 0. The number of fused-ring (bicyclic) bond motifs is 1. The van der Waals surface area contributed by atoms with Crippen LogP contribution in [0, 0.1) is 19.7 Å². The Kier molecular flexibility index (Phi) is 2.40. The van der Waals surface area contributed by atoms with E-state index in [-0.39, 0.29) is 5.82 Å². The Labute approximate surface area is 105 Å². The van der Waals surface area contributed by atoms with Crippen LogP contribution in [0.5, 0.6) is 0 Å². The summed E-state index contributed by atoms with van der Waals surface area (Å²) in [5.41, 5.74) is 4.53. The van der Waals surface area contributed by atoms with Crippen molar-refractivity contribution in [2.75, 3.05) is 0 Å². The summed E-state index contributed by atoms with van der Waals surface area (Å²) in [5.74, 6) is -0.182. The molecular formula is C15H13FN2. The normalized spacial score (nSPS) is 11.1. The highest BCUT2D eigenvalue weighted by atomic mass is 19.1. The van der Waals surface area contributed by atoms with Crippen LogP contribution in [0.1, 0.15) is 11.1 Å². The van der Waals surface area contributed by atoms with E-state index in [2.05, 4.69) is 4.98 Å². The molecule has 0 unspecified atom stereocenters. The third kappa shape index (κ3) is 1.78. The van der Waals surface area contributed by atoms with Crippen LogP contribution in [0.2, 0.25) is 0 Å². The van der Waals surface area contributed by atoms with Crippen molar-refractivity contribution in [3.05, 3.63) is 59.7 Å². The smallest absolute Gasteiger partial charge is 0.137 e. The number of pyridine rings is 1. The van der Waals surface area contributed by atoms with Gasteiger partial charge in [0, 0.05) is 18.0 Å². The number of rotatable bonds is 1. The molecular weight excluding hydrogens is 227 g/mol. The summed E-state index contributed by atoms with van der Waals surface area (Å²) in [6.45, 7) is 3.80. The maximum atomic E-state index is 13.2. The lowest BCUT2D eigenvalue weighted by Crippen LogP contribution is -1.84. The number of halogens is 1. The van der Waals surface area contributed by atoms with E-state index in [0.29, 0.717) is 5.56 Å². The van der Waals surface area contributed by atoms with E-state index in [1.807, 2.05) is 41.9 Å². The van der Waals surface area contributed by atoms with Crippen LogP contribution in [-0.4, -0.2) is 9.38 Å². The second-order valence-corrected chi connectivity index (χ2v) is 4.56. The number of nitrogens with zero attached hydrogens (tertiary/aromatic N) is 2. The van der Waals surface area contributed by atoms with E-state index < -0.39 is 0 Å². The molecule has 18 heavy (non-hydrogen) atoms. The molecule has 0 saturated heterocycles. The third-order valence-corrected chi connectivity index (χ3v) is 3.07. The Morgan fingerprint density at radius 3 is 2.72 bits per heavy atom. The summed E-state index contributed by atoms with van der Waals surface area (Å²) < 4.78 is 15.2. The Morgan fingerprint density at radius 1 is 1.11 bits per heavy atom. The zero-order valence-electron chi connectivity index (χ0n) is 10.3. The molecule has 3 aromatic rings. The average molecular weight is 240 g/mol. The summed E-state index contributed by atoms with van der Waals surface area (Å²) >= 11 is 0. The van der Waals surface area contributed by atoms with E-state index in [9.17, 15) is 4.39 Å². The van der Waals surface area contributed by atoms with Crippen molar-refractivity contribution in [3.63, 3.8) is 0 Å². The van der Waals surface area contributed by atoms with Crippen LogP contribution in [0.4, 0.5) is 4.39 Å². The van der Waals surface area contributed by atoms with Gasteiger partial charge >= 0.3 is 0 Å². The monoisotopic (exact) mass is 240 g/mol. The zero-order valence-corrected chi connectivity index (χ0v) is 10.3. The highest BCUT2D eigenvalue weighted by molar-refractivity contribution is 5.63. The standard InChI is InChI=1S/C15H13FN2/c1-10-5-6-18-9-14(17-15(18)7-10)12-3-4-13(16)11(2)8-12/h3-9H,1-2H3. The van der Waals surface area contributed by atoms with Crippen LogP contribution >= 0.6 is 0 Å². The number of imidazole rings is 1. The van der Waals surface area contributed by atoms with Crippen molar-refractivity contribution >= 4 is 5.65 Å². The van der Waals surface area contributed by atoms with Crippen LogP contribution < -0.4 is 0 Å². The molecule has 2 heterocycles. The van der Waals surface area contributed by atoms with Gasteiger partial charge in [0.25, 0.3) is 0 Å². The number of hydrogen-bond donors (Lipinski definition) is 0. The predicted octanol–water partition coefficient (Wildman–Crippen LogP) is 3.76. The van der Waals surface area contributed by atoms with Crippen molar-refractivity contribution in [2.45, 2.75) is 13.8 Å². The maximum absolute atomic E-state index is 13.2. The Balaban J connectivity index is 2.16. The molecule has 1 aromatic carbocycles. The van der Waals surface area contributed by atoms with Crippen LogP contribution in [0.15, 0.2) is 42.7 Å². The van der Waals surface area contributed by atoms with Gasteiger partial charge in [-0.2, -0.15) is 0 Å². The fourth-order valence-electron chi connectivity index (χ4n) is 2.03. The molecule has 0 aliphatic rings. The Morgan fingerprint density at radius 2 is 1.94 bits per heavy atom. The lowest BCUT2D eigenvalue weighted by Gasteiger charge is -1.99. The van der Waals surface area contributed by atoms with Gasteiger partial charge in [-0.3, -0.25) is 0 Å². The fourth-order valence-corrected chi connectivity index (χ4v) is 2.03. The summed E-state index contributed by atoms with van der Waals surface area (Å²) in [6, 6.07) is 9.13. The van der Waals surface area contributed by atoms with Gasteiger partial charge < -0.3 is 4.40 Å². The second kappa shape index (κ2) is 3.95. The first-order valence-electron chi connectivity index (χ1n) is 5.85. The maximum Gasteiger partial charge on any atom is 0.137 e. The summed E-state index contributed by atoms with van der Waals surface area (Å²) in [4.78, 5) is 4.56. The van der Waals surface area contributed by atoms with Crippen molar-refractivity contribution < 1.29 is 4.39 Å². The van der Waals surface area contributed by atoms with Gasteiger partial charge in [-0.05, 0) is 55.3 Å². The number of aryl methyl sites for hydroxylation is 2. The topological polar surface area (TPSA) is 17.3 Å². The van der Waals surface area contributed by atoms with E-state index in [1.54, 1.807) is 13.0 Å². The SMILES string of the molecule is Cc1ccn2cc(-c3ccc(F)c(C)c3)nc2c1. The molecule has 0 saturated carbocycles. The molecule has 2 nitrogen and oxygen atoms in total. The van der Waals surface area contributed by atoms with E-state index >= 15 is 0 Å². The highest BCUT2D eigenvalue weighted by Crippen LogP contribution is 2.21. The molecule has 0 aliphatic carbocycles. The van der Waals surface area contributed by atoms with Crippen LogP contribution in [-0.2, 0) is 0 Å². The van der Waals surface area contributed by atoms with E-state index in [0.717, 1.165) is 16.9 Å². The van der Waals surface area contributed by atoms with Crippen molar-refractivity contribution in [1.82, 2.24) is 9.38 Å². The Bertz CT molecular complexity index is 728. The first kappa shape index (κ1) is 11.0. The van der Waals surface area contributed by atoms with Crippen molar-refractivity contribution in [2.24, 2.45) is 0 Å². The molecule has 2 aromatic heterocycles. The number of hydrogen-bond acceptors (Lipinski definition) is 1. The summed E-state index contributed by atoms with van der Waals surface area (Å²) in [6.07, 6.45) is 3.94. The van der Waals surface area contributed by atoms with Crippen LogP contribution in [0.3, 0.4) is 0 Å². The molecule has 0 atom stereocenters. The predicted molar refractivity (Wildman–Crippen MR) is 70.1 cm³/mol. The molecule has 0 radical (unpaired) electrons. The average Bonchev–Trinajstić information content (AvgIpc) is 2.75. The van der Waals surface area contributed by atoms with Crippen LogP contribution in [0.25, 0.3) is 16.9 Å². The van der Waals surface area contributed by atoms with Gasteiger partial charge in [0.15, 0.2) is 0 Å². The molecule has 3 rings (SSSR count). The first-order valence-corrected chi connectivity index (χ1v) is 5.85. The molecule has 0 aliphatic heterocycles. The van der Waals surface area contributed by atoms with Crippen molar-refractivity contribution in [1.29, 1.82) is 0 Å². The third-order valence-electron chi connectivity index (χ3n) is 3.07. The summed E-state index contributed by atoms with van der Waals surface area (Å²) in [5, 5.41) is 0. The van der Waals surface area contributed by atoms with E-state index in [1.165, 1.54) is 11.6 Å². The molecule has 0 fully saturated rings. The molecule has 0 spiro atoms. The second-order valence-electron chi connectivity index (χ2n) is 4.56. The quantitative estimate of drug-likeness (QED) is 0.633. The molecule has 0 N–H and O–H groups in total. The minimum Gasteiger partial charge on any atom is -0.306 e. The van der Waals surface area contributed by atoms with Gasteiger partial charge in [0.05, 0.1) is 5.69 Å². The first-order chi connectivity index (χ1) is 8.63. The zero-order chi connectivity index (χ0) is 12.7. The fraction of sp³-hybridized carbons (Fsp3) is 0.133. The van der Waals surface area contributed by atoms with Crippen molar-refractivity contribution in [3.8, 4) is 11.3 Å². The largest absolute Gasteiger partial charge is 0.306 e. The lowest BCUT2D eigenvalue weighted by atomic mass is 10.1. The van der Waals surface area contributed by atoms with E-state index in [4.69, 9.17) is 0 Å². The Hall–Kier alpha value is -2.16. The highest BCUT2D eigenvalue weighted by Gasteiger charge is 2.06. The van der Waals surface area contributed by atoms with Gasteiger partial charge in [0.2, 0.25) is 0 Å². The number of aromatic nitrogens is 2. The minimum absolute atomic E-state index is 0.182.